The van der Waals surface area contributed by atoms with Gasteiger partial charge < -0.3 is 9.84 Å². The molecule has 0 unspecified atom stereocenters. The molecular weight excluding hydrogens is 288 g/mol. The molecule has 0 spiro atoms. The van der Waals surface area contributed by atoms with E-state index in [0.717, 1.165) is 0 Å². The molecule has 0 aliphatic heterocycles. The van der Waals surface area contributed by atoms with E-state index in [1.54, 1.807) is 19.9 Å². The maximum Gasteiger partial charge on any atom is 0.338 e. The minimum atomic E-state index is -0.545. The topological polar surface area (TPSA) is 63.6 Å². The van der Waals surface area contributed by atoms with E-state index in [1.165, 1.54) is 24.3 Å². The summed E-state index contributed by atoms with van der Waals surface area (Å²) in [7, 11) is 0. The van der Waals surface area contributed by atoms with Crippen molar-refractivity contribution in [2.24, 2.45) is 0 Å². The van der Waals surface area contributed by atoms with E-state index < -0.39 is 5.97 Å². The average molecular weight is 304 g/mol. The predicted molar refractivity (Wildman–Crippen MR) is 82.0 cm³/mol. The number of aliphatic hydroxyl groups excluding tert-OH is 1. The van der Waals surface area contributed by atoms with Crippen molar-refractivity contribution in [2.75, 3.05) is 6.61 Å². The fourth-order valence-electron chi connectivity index (χ4n) is 2.28. The fraction of sp³-hybridized carbons (Fsp3) is 0.250. The lowest BCUT2D eigenvalue weighted by molar-refractivity contribution is -0.138. The molecule has 5 heteroatoms. The lowest BCUT2D eigenvalue weighted by Gasteiger charge is -2.06. The van der Waals surface area contributed by atoms with E-state index in [9.17, 15) is 14.7 Å². The van der Waals surface area contributed by atoms with E-state index in [1.807, 2.05) is 11.4 Å². The SMILES string of the molecule is CCOC(=O)C1=C/C(=C(\O)c2cccs2)C(C)=C1C(C)=O. The Labute approximate surface area is 127 Å². The van der Waals surface area contributed by atoms with Crippen LogP contribution in [0.3, 0.4) is 0 Å². The molecule has 0 saturated carbocycles. The van der Waals surface area contributed by atoms with Gasteiger partial charge in [0.25, 0.3) is 0 Å². The Morgan fingerprint density at radius 3 is 2.62 bits per heavy atom. The van der Waals surface area contributed by atoms with E-state index in [2.05, 4.69) is 0 Å². The van der Waals surface area contributed by atoms with Gasteiger partial charge in [-0.15, -0.1) is 11.3 Å². The van der Waals surface area contributed by atoms with Crippen molar-refractivity contribution in [3.8, 4) is 0 Å². The van der Waals surface area contributed by atoms with Gasteiger partial charge in [0.1, 0.15) is 5.76 Å². The van der Waals surface area contributed by atoms with Gasteiger partial charge >= 0.3 is 5.97 Å². The first-order valence-corrected chi connectivity index (χ1v) is 7.43. The van der Waals surface area contributed by atoms with Crippen molar-refractivity contribution in [3.05, 3.63) is 50.8 Å². The summed E-state index contributed by atoms with van der Waals surface area (Å²) in [5.41, 5.74) is 1.61. The molecule has 0 radical (unpaired) electrons. The van der Waals surface area contributed by atoms with Gasteiger partial charge in [0, 0.05) is 11.1 Å². The number of hydrogen-bond acceptors (Lipinski definition) is 5. The smallest absolute Gasteiger partial charge is 0.338 e. The van der Waals surface area contributed by atoms with E-state index in [0.29, 0.717) is 21.6 Å². The highest BCUT2D eigenvalue weighted by atomic mass is 32.1. The molecule has 21 heavy (non-hydrogen) atoms. The lowest BCUT2D eigenvalue weighted by Crippen LogP contribution is -2.12. The zero-order valence-corrected chi connectivity index (χ0v) is 12.9. The number of carbonyl (C=O) groups excluding carboxylic acids is 2. The molecule has 1 N–H and O–H groups in total. The summed E-state index contributed by atoms with van der Waals surface area (Å²) in [6, 6.07) is 3.61. The van der Waals surface area contributed by atoms with Crippen LogP contribution in [0.5, 0.6) is 0 Å². The largest absolute Gasteiger partial charge is 0.506 e. The first kappa shape index (κ1) is 15.3. The highest BCUT2D eigenvalue weighted by Crippen LogP contribution is 2.36. The summed E-state index contributed by atoms with van der Waals surface area (Å²) in [5, 5.41) is 12.2. The van der Waals surface area contributed by atoms with Crippen LogP contribution in [0.1, 0.15) is 25.6 Å². The molecule has 1 aliphatic rings. The molecular formula is C16H16O4S. The molecule has 0 aromatic carbocycles. The molecule has 1 heterocycles. The fourth-order valence-corrected chi connectivity index (χ4v) is 2.96. The van der Waals surface area contributed by atoms with Crippen LogP contribution in [0.2, 0.25) is 0 Å². The standard InChI is InChI=1S/C16H16O4S/c1-4-20-16(19)12-8-11(9(2)14(12)10(3)17)15(18)13-6-5-7-21-13/h5-8,18H,4H2,1-3H3/b15-11+. The molecule has 0 fully saturated rings. The Kier molecular flexibility index (Phi) is 4.43. The number of thiophene rings is 1. The number of carbonyl (C=O) groups is 2. The third-order valence-electron chi connectivity index (χ3n) is 3.19. The van der Waals surface area contributed by atoms with Crippen LogP contribution in [-0.4, -0.2) is 23.5 Å². The lowest BCUT2D eigenvalue weighted by atomic mass is 10.0. The van der Waals surface area contributed by atoms with Gasteiger partial charge in [0.2, 0.25) is 0 Å². The summed E-state index contributed by atoms with van der Waals surface area (Å²) < 4.78 is 4.98. The molecule has 4 nitrogen and oxygen atoms in total. The molecule has 1 aromatic heterocycles. The maximum atomic E-state index is 12.0. The number of esters is 1. The zero-order valence-electron chi connectivity index (χ0n) is 12.1. The Morgan fingerprint density at radius 1 is 1.38 bits per heavy atom. The normalized spacial score (nSPS) is 16.8. The van der Waals surface area contributed by atoms with Crippen LogP contribution in [-0.2, 0) is 14.3 Å². The third kappa shape index (κ3) is 2.83. The molecule has 2 rings (SSSR count). The van der Waals surface area contributed by atoms with Crippen molar-refractivity contribution in [1.82, 2.24) is 0 Å². The quantitative estimate of drug-likeness (QED) is 0.684. The number of ether oxygens (including phenoxy) is 1. The van der Waals surface area contributed by atoms with Crippen molar-refractivity contribution in [3.63, 3.8) is 0 Å². The predicted octanol–water partition coefficient (Wildman–Crippen LogP) is 3.43. The minimum absolute atomic E-state index is 0.0700. The van der Waals surface area contributed by atoms with Gasteiger partial charge in [-0.05, 0) is 43.9 Å². The first-order valence-electron chi connectivity index (χ1n) is 6.55. The highest BCUT2D eigenvalue weighted by Gasteiger charge is 2.30. The van der Waals surface area contributed by atoms with Crippen molar-refractivity contribution >= 4 is 28.8 Å². The van der Waals surface area contributed by atoms with E-state index >= 15 is 0 Å². The Hall–Kier alpha value is -2.14. The van der Waals surface area contributed by atoms with Crippen LogP contribution in [0.15, 0.2) is 45.9 Å². The number of aliphatic hydroxyl groups is 1. The van der Waals surface area contributed by atoms with Gasteiger partial charge in [0.15, 0.2) is 5.78 Å². The minimum Gasteiger partial charge on any atom is -0.506 e. The Bertz CT molecular complexity index is 675. The molecule has 0 saturated heterocycles. The molecule has 0 amide bonds. The van der Waals surface area contributed by atoms with Gasteiger partial charge in [-0.2, -0.15) is 0 Å². The van der Waals surface area contributed by atoms with Gasteiger partial charge in [-0.3, -0.25) is 4.79 Å². The van der Waals surface area contributed by atoms with Crippen molar-refractivity contribution in [2.45, 2.75) is 20.8 Å². The molecule has 110 valence electrons. The van der Waals surface area contributed by atoms with Crippen LogP contribution in [0, 0.1) is 0 Å². The third-order valence-corrected chi connectivity index (χ3v) is 4.07. The van der Waals surface area contributed by atoms with Crippen LogP contribution < -0.4 is 0 Å². The number of rotatable bonds is 4. The van der Waals surface area contributed by atoms with Crippen LogP contribution >= 0.6 is 11.3 Å². The molecule has 0 bridgehead atoms. The van der Waals surface area contributed by atoms with Crippen LogP contribution in [0.25, 0.3) is 5.76 Å². The maximum absolute atomic E-state index is 12.0. The number of allylic oxidation sites excluding steroid dienone is 3. The molecule has 1 aromatic rings. The second kappa shape index (κ2) is 6.10. The highest BCUT2D eigenvalue weighted by molar-refractivity contribution is 7.11. The summed E-state index contributed by atoms with van der Waals surface area (Å²) in [4.78, 5) is 24.5. The summed E-state index contributed by atoms with van der Waals surface area (Å²) in [5.74, 6) is -0.697. The summed E-state index contributed by atoms with van der Waals surface area (Å²) >= 11 is 1.39. The number of Topliss-reactive ketones (excluding diaryl/α,β-unsaturated/α-hetero) is 1. The van der Waals surface area contributed by atoms with E-state index in [4.69, 9.17) is 4.74 Å². The first-order chi connectivity index (χ1) is 9.97. The van der Waals surface area contributed by atoms with Gasteiger partial charge in [-0.25, -0.2) is 4.79 Å². The van der Waals surface area contributed by atoms with E-state index in [-0.39, 0.29) is 23.7 Å². The number of ketones is 1. The second-order valence-corrected chi connectivity index (χ2v) is 5.52. The van der Waals surface area contributed by atoms with Crippen molar-refractivity contribution in [1.29, 1.82) is 0 Å². The van der Waals surface area contributed by atoms with Gasteiger partial charge in [-0.1, -0.05) is 6.07 Å². The number of hydrogen-bond donors (Lipinski definition) is 1. The molecule has 0 atom stereocenters. The summed E-state index contributed by atoms with van der Waals surface area (Å²) in [6.07, 6.45) is 1.53. The second-order valence-electron chi connectivity index (χ2n) is 4.57. The Morgan fingerprint density at radius 2 is 2.10 bits per heavy atom. The van der Waals surface area contributed by atoms with Crippen LogP contribution in [0.4, 0.5) is 0 Å². The van der Waals surface area contributed by atoms with Gasteiger partial charge in [0.05, 0.1) is 17.1 Å². The molecule has 1 aliphatic carbocycles. The average Bonchev–Trinajstić information content (AvgIpc) is 3.05. The zero-order chi connectivity index (χ0) is 15.6. The van der Waals surface area contributed by atoms with Crippen molar-refractivity contribution < 1.29 is 19.4 Å². The monoisotopic (exact) mass is 304 g/mol. The summed E-state index contributed by atoms with van der Waals surface area (Å²) in [6.45, 7) is 5.06. The Balaban J connectivity index is 2.57.